The number of hydrogen-bond donors (Lipinski definition) is 1. The lowest BCUT2D eigenvalue weighted by Crippen LogP contribution is -2.33. The summed E-state index contributed by atoms with van der Waals surface area (Å²) in [6.45, 7) is 6.03. The Balaban J connectivity index is 1.80. The van der Waals surface area contributed by atoms with E-state index in [0.717, 1.165) is 68.3 Å². The van der Waals surface area contributed by atoms with E-state index in [1.807, 2.05) is 12.1 Å². The van der Waals surface area contributed by atoms with Crippen molar-refractivity contribution in [1.29, 1.82) is 0 Å². The van der Waals surface area contributed by atoms with Crippen molar-refractivity contribution in [1.82, 2.24) is 4.90 Å². The van der Waals surface area contributed by atoms with Gasteiger partial charge < -0.3 is 14.7 Å². The maximum absolute atomic E-state index is 11.0. The van der Waals surface area contributed by atoms with Gasteiger partial charge in [0.05, 0.1) is 12.2 Å². The van der Waals surface area contributed by atoms with Crippen LogP contribution in [0.5, 0.6) is 5.75 Å². The Bertz CT molecular complexity index is 520. The third-order valence-electron chi connectivity index (χ3n) is 4.80. The molecular formula is C17H24ClNO2. The summed E-state index contributed by atoms with van der Waals surface area (Å²) in [5.74, 6) is 0.962. The molecule has 1 aromatic rings. The second-order valence-electron chi connectivity index (χ2n) is 6.34. The molecule has 0 spiro atoms. The highest BCUT2D eigenvalue weighted by Crippen LogP contribution is 2.37. The van der Waals surface area contributed by atoms with Crippen LogP contribution in [-0.4, -0.2) is 41.8 Å². The van der Waals surface area contributed by atoms with Gasteiger partial charge in [0.1, 0.15) is 5.75 Å². The smallest absolute Gasteiger partial charge is 0.126 e. The predicted octanol–water partition coefficient (Wildman–Crippen LogP) is 3.05. The number of aliphatic hydroxyl groups is 1. The van der Waals surface area contributed by atoms with Gasteiger partial charge in [0.15, 0.2) is 0 Å². The van der Waals surface area contributed by atoms with Crippen molar-refractivity contribution in [3.05, 3.63) is 28.3 Å². The average Bonchev–Trinajstić information content (AvgIpc) is 2.82. The lowest BCUT2D eigenvalue weighted by atomic mass is 9.87. The van der Waals surface area contributed by atoms with Crippen LogP contribution in [0.4, 0.5) is 0 Å². The lowest BCUT2D eigenvalue weighted by Gasteiger charge is -2.27. The minimum absolute atomic E-state index is 0.631. The average molecular weight is 310 g/mol. The van der Waals surface area contributed by atoms with Gasteiger partial charge in [-0.3, -0.25) is 0 Å². The van der Waals surface area contributed by atoms with Crippen molar-refractivity contribution >= 4 is 11.6 Å². The zero-order valence-electron chi connectivity index (χ0n) is 12.7. The summed E-state index contributed by atoms with van der Waals surface area (Å²) in [5, 5.41) is 11.8. The molecule has 1 N–H and O–H groups in total. The molecule has 0 radical (unpaired) electrons. The van der Waals surface area contributed by atoms with E-state index in [-0.39, 0.29) is 0 Å². The standard InChI is InChI=1S/C17H24ClNO2/c1-2-19-7-3-5-17(20,6-8-19)12-14-11-15(18)10-13-4-9-21-16(13)14/h10-11,20H,2-9,12H2,1H3. The normalized spacial score (nSPS) is 26.2. The molecule has 0 aliphatic carbocycles. The molecule has 2 aliphatic heterocycles. The van der Waals surface area contributed by atoms with E-state index in [2.05, 4.69) is 11.8 Å². The molecule has 3 nitrogen and oxygen atoms in total. The molecule has 21 heavy (non-hydrogen) atoms. The largest absolute Gasteiger partial charge is 0.493 e. The van der Waals surface area contributed by atoms with Crippen molar-refractivity contribution < 1.29 is 9.84 Å². The summed E-state index contributed by atoms with van der Waals surface area (Å²) < 4.78 is 5.76. The van der Waals surface area contributed by atoms with Gasteiger partial charge in [-0.25, -0.2) is 0 Å². The predicted molar refractivity (Wildman–Crippen MR) is 85.3 cm³/mol. The summed E-state index contributed by atoms with van der Waals surface area (Å²) in [7, 11) is 0. The number of rotatable bonds is 3. The number of nitrogens with zero attached hydrogens (tertiary/aromatic N) is 1. The summed E-state index contributed by atoms with van der Waals surface area (Å²) >= 11 is 6.22. The molecule has 0 aromatic heterocycles. The molecule has 1 aromatic carbocycles. The van der Waals surface area contributed by atoms with E-state index >= 15 is 0 Å². The maximum Gasteiger partial charge on any atom is 0.126 e. The van der Waals surface area contributed by atoms with Gasteiger partial charge in [-0.1, -0.05) is 18.5 Å². The zero-order chi connectivity index (χ0) is 14.9. The van der Waals surface area contributed by atoms with Crippen molar-refractivity contribution in [3.63, 3.8) is 0 Å². The van der Waals surface area contributed by atoms with Crippen molar-refractivity contribution in [2.45, 2.75) is 44.6 Å². The maximum atomic E-state index is 11.0. The quantitative estimate of drug-likeness (QED) is 0.931. The van der Waals surface area contributed by atoms with Crippen LogP contribution in [0.1, 0.15) is 37.3 Å². The Labute approximate surface area is 131 Å². The molecule has 2 aliphatic rings. The minimum Gasteiger partial charge on any atom is -0.493 e. The van der Waals surface area contributed by atoms with Gasteiger partial charge in [-0.2, -0.15) is 0 Å². The third-order valence-corrected chi connectivity index (χ3v) is 5.02. The zero-order valence-corrected chi connectivity index (χ0v) is 13.5. The summed E-state index contributed by atoms with van der Waals surface area (Å²) in [6, 6.07) is 3.95. The molecule has 2 heterocycles. The molecule has 0 bridgehead atoms. The van der Waals surface area contributed by atoms with Crippen LogP contribution in [0.25, 0.3) is 0 Å². The first-order valence-electron chi connectivity index (χ1n) is 7.98. The van der Waals surface area contributed by atoms with E-state index < -0.39 is 5.60 Å². The Morgan fingerprint density at radius 2 is 2.19 bits per heavy atom. The summed E-state index contributed by atoms with van der Waals surface area (Å²) in [6.07, 6.45) is 4.29. The molecule has 0 amide bonds. The molecule has 1 fully saturated rings. The number of hydrogen-bond acceptors (Lipinski definition) is 3. The van der Waals surface area contributed by atoms with Crippen LogP contribution >= 0.6 is 11.6 Å². The van der Waals surface area contributed by atoms with E-state index in [0.29, 0.717) is 6.42 Å². The van der Waals surface area contributed by atoms with Crippen LogP contribution < -0.4 is 4.74 Å². The van der Waals surface area contributed by atoms with E-state index in [9.17, 15) is 5.11 Å². The van der Waals surface area contributed by atoms with Crippen LogP contribution in [0.15, 0.2) is 12.1 Å². The number of fused-ring (bicyclic) bond motifs is 1. The Kier molecular flexibility index (Phi) is 4.43. The highest BCUT2D eigenvalue weighted by molar-refractivity contribution is 6.30. The Morgan fingerprint density at radius 3 is 3.00 bits per heavy atom. The number of halogens is 1. The van der Waals surface area contributed by atoms with Crippen LogP contribution in [0, 0.1) is 0 Å². The molecule has 1 atom stereocenters. The van der Waals surface area contributed by atoms with Gasteiger partial charge >= 0.3 is 0 Å². The summed E-state index contributed by atoms with van der Waals surface area (Å²) in [4.78, 5) is 2.41. The van der Waals surface area contributed by atoms with Crippen molar-refractivity contribution in [2.24, 2.45) is 0 Å². The van der Waals surface area contributed by atoms with Crippen molar-refractivity contribution in [3.8, 4) is 5.75 Å². The van der Waals surface area contributed by atoms with E-state index in [1.165, 1.54) is 5.56 Å². The van der Waals surface area contributed by atoms with Gasteiger partial charge in [0.25, 0.3) is 0 Å². The van der Waals surface area contributed by atoms with Crippen LogP contribution in [0.2, 0.25) is 5.02 Å². The third kappa shape index (κ3) is 3.36. The monoisotopic (exact) mass is 309 g/mol. The SMILES string of the molecule is CCN1CCCC(O)(Cc2cc(Cl)cc3c2OCC3)CC1. The molecule has 4 heteroatoms. The molecule has 1 unspecified atom stereocenters. The minimum atomic E-state index is -0.631. The second-order valence-corrected chi connectivity index (χ2v) is 6.78. The molecular weight excluding hydrogens is 286 g/mol. The molecule has 1 saturated heterocycles. The van der Waals surface area contributed by atoms with Gasteiger partial charge in [0, 0.05) is 24.4 Å². The van der Waals surface area contributed by atoms with Crippen molar-refractivity contribution in [2.75, 3.05) is 26.2 Å². The number of ether oxygens (including phenoxy) is 1. The molecule has 116 valence electrons. The second kappa shape index (κ2) is 6.15. The first-order chi connectivity index (χ1) is 10.1. The van der Waals surface area contributed by atoms with Gasteiger partial charge in [-0.05, 0) is 55.6 Å². The Morgan fingerprint density at radius 1 is 1.33 bits per heavy atom. The Hall–Kier alpha value is -0.770. The fourth-order valence-corrected chi connectivity index (χ4v) is 3.82. The molecule has 0 saturated carbocycles. The fraction of sp³-hybridized carbons (Fsp3) is 0.647. The van der Waals surface area contributed by atoms with E-state index in [1.54, 1.807) is 0 Å². The number of likely N-dealkylation sites (tertiary alicyclic amines) is 1. The highest BCUT2D eigenvalue weighted by Gasteiger charge is 2.32. The molecule has 3 rings (SSSR count). The van der Waals surface area contributed by atoms with Crippen LogP contribution in [-0.2, 0) is 12.8 Å². The number of benzene rings is 1. The van der Waals surface area contributed by atoms with Crippen LogP contribution in [0.3, 0.4) is 0 Å². The van der Waals surface area contributed by atoms with E-state index in [4.69, 9.17) is 16.3 Å². The first kappa shape index (κ1) is 15.1. The van der Waals surface area contributed by atoms with Gasteiger partial charge in [-0.15, -0.1) is 0 Å². The fourth-order valence-electron chi connectivity index (χ4n) is 3.56. The lowest BCUT2D eigenvalue weighted by molar-refractivity contribution is 0.0253. The first-order valence-corrected chi connectivity index (χ1v) is 8.36. The highest BCUT2D eigenvalue weighted by atomic mass is 35.5. The topological polar surface area (TPSA) is 32.7 Å². The summed E-state index contributed by atoms with van der Waals surface area (Å²) in [5.41, 5.74) is 1.63. The van der Waals surface area contributed by atoms with Gasteiger partial charge in [0.2, 0.25) is 0 Å².